The molecule has 0 aliphatic rings. The highest BCUT2D eigenvalue weighted by molar-refractivity contribution is 9.10. The van der Waals surface area contributed by atoms with E-state index in [1.165, 1.54) is 19.3 Å². The normalized spacial score (nSPS) is 10.5. The Balaban J connectivity index is 2.34. The second-order valence-electron chi connectivity index (χ2n) is 3.63. The maximum Gasteiger partial charge on any atom is 0.134 e. The Labute approximate surface area is 99.8 Å². The van der Waals surface area contributed by atoms with Crippen LogP contribution in [0.1, 0.15) is 31.7 Å². The number of hydrogen-bond acceptors (Lipinski definition) is 2. The van der Waals surface area contributed by atoms with Crippen LogP contribution in [0.2, 0.25) is 0 Å². The number of halogens is 1. The lowest BCUT2D eigenvalue weighted by Crippen LogP contribution is -2.14. The third-order valence-corrected chi connectivity index (χ3v) is 2.98. The second kappa shape index (κ2) is 6.85. The molecule has 0 unspecified atom stereocenters. The number of phenols is 1. The van der Waals surface area contributed by atoms with Crippen molar-refractivity contribution in [3.8, 4) is 5.75 Å². The molecule has 0 saturated carbocycles. The third kappa shape index (κ3) is 4.22. The highest BCUT2D eigenvalue weighted by Gasteiger charge is 2.03. The summed E-state index contributed by atoms with van der Waals surface area (Å²) in [6, 6.07) is 5.72. The van der Waals surface area contributed by atoms with E-state index in [0.29, 0.717) is 5.75 Å². The van der Waals surface area contributed by atoms with E-state index in [2.05, 4.69) is 28.2 Å². The van der Waals surface area contributed by atoms with Crippen LogP contribution in [0.25, 0.3) is 0 Å². The van der Waals surface area contributed by atoms with E-state index in [1.807, 2.05) is 18.2 Å². The first kappa shape index (κ1) is 12.5. The van der Waals surface area contributed by atoms with Crippen molar-refractivity contribution in [3.63, 3.8) is 0 Å². The van der Waals surface area contributed by atoms with Gasteiger partial charge in [0.2, 0.25) is 0 Å². The van der Waals surface area contributed by atoms with Crippen molar-refractivity contribution in [2.75, 3.05) is 6.54 Å². The first-order chi connectivity index (χ1) is 7.25. The molecule has 0 amide bonds. The standard InChI is InChI=1S/C12H18BrNO/c1-2-3-4-8-14-9-10-6-5-7-11(13)12(10)15/h5-7,14-15H,2-4,8-9H2,1H3. The summed E-state index contributed by atoms with van der Waals surface area (Å²) in [6.45, 7) is 3.94. The number of unbranched alkanes of at least 4 members (excludes halogenated alkanes) is 2. The quantitative estimate of drug-likeness (QED) is 0.777. The number of hydrogen-bond donors (Lipinski definition) is 2. The summed E-state index contributed by atoms with van der Waals surface area (Å²) < 4.78 is 0.760. The summed E-state index contributed by atoms with van der Waals surface area (Å²) in [7, 11) is 0. The van der Waals surface area contributed by atoms with Gasteiger partial charge in [-0.3, -0.25) is 0 Å². The molecule has 0 atom stereocenters. The van der Waals surface area contributed by atoms with E-state index >= 15 is 0 Å². The zero-order valence-corrected chi connectivity index (χ0v) is 10.7. The fourth-order valence-corrected chi connectivity index (χ4v) is 1.83. The fourth-order valence-electron chi connectivity index (χ4n) is 1.43. The SMILES string of the molecule is CCCCCNCc1cccc(Br)c1O. The average Bonchev–Trinajstić information content (AvgIpc) is 2.24. The molecule has 2 N–H and O–H groups in total. The summed E-state index contributed by atoms with van der Waals surface area (Å²) in [5, 5.41) is 13.0. The van der Waals surface area contributed by atoms with Crippen molar-refractivity contribution in [2.24, 2.45) is 0 Å². The van der Waals surface area contributed by atoms with Crippen molar-refractivity contribution >= 4 is 15.9 Å². The molecule has 0 bridgehead atoms. The molecule has 0 aromatic heterocycles. The zero-order chi connectivity index (χ0) is 11.1. The maximum atomic E-state index is 9.71. The minimum absolute atomic E-state index is 0.348. The first-order valence-electron chi connectivity index (χ1n) is 5.42. The molecule has 0 aliphatic carbocycles. The van der Waals surface area contributed by atoms with Crippen molar-refractivity contribution < 1.29 is 5.11 Å². The van der Waals surface area contributed by atoms with Gasteiger partial charge in [0.1, 0.15) is 5.75 Å². The summed E-state index contributed by atoms with van der Waals surface area (Å²) in [5.74, 6) is 0.348. The predicted octanol–water partition coefficient (Wildman–Crippen LogP) is 3.43. The molecule has 0 radical (unpaired) electrons. The average molecular weight is 272 g/mol. The minimum Gasteiger partial charge on any atom is -0.506 e. The molecular weight excluding hydrogens is 254 g/mol. The van der Waals surface area contributed by atoms with Gasteiger partial charge >= 0.3 is 0 Å². The molecule has 0 spiro atoms. The molecule has 0 aliphatic heterocycles. The van der Waals surface area contributed by atoms with Gasteiger partial charge in [0.05, 0.1) is 4.47 Å². The van der Waals surface area contributed by atoms with E-state index in [9.17, 15) is 5.11 Å². The van der Waals surface area contributed by atoms with Gasteiger partial charge in [0.15, 0.2) is 0 Å². The molecular formula is C12H18BrNO. The van der Waals surface area contributed by atoms with Crippen LogP contribution in [0.5, 0.6) is 5.75 Å². The molecule has 2 nitrogen and oxygen atoms in total. The van der Waals surface area contributed by atoms with Crippen LogP contribution in [0.4, 0.5) is 0 Å². The Bertz CT molecular complexity index is 302. The Morgan fingerprint density at radius 1 is 1.33 bits per heavy atom. The molecule has 1 rings (SSSR count). The number of rotatable bonds is 6. The molecule has 1 aromatic carbocycles. The van der Waals surface area contributed by atoms with E-state index in [-0.39, 0.29) is 0 Å². The van der Waals surface area contributed by atoms with Crippen LogP contribution in [0, 0.1) is 0 Å². The predicted molar refractivity (Wildman–Crippen MR) is 67.0 cm³/mol. The smallest absolute Gasteiger partial charge is 0.134 e. The molecule has 3 heteroatoms. The van der Waals surface area contributed by atoms with Crippen molar-refractivity contribution in [1.29, 1.82) is 0 Å². The summed E-state index contributed by atoms with van der Waals surface area (Å²) in [5.41, 5.74) is 0.945. The number of para-hydroxylation sites is 1. The summed E-state index contributed by atoms with van der Waals surface area (Å²) in [4.78, 5) is 0. The second-order valence-corrected chi connectivity index (χ2v) is 4.49. The van der Waals surface area contributed by atoms with Crippen LogP contribution >= 0.6 is 15.9 Å². The van der Waals surface area contributed by atoms with Gasteiger partial charge in [-0.25, -0.2) is 0 Å². The van der Waals surface area contributed by atoms with Gasteiger partial charge in [0, 0.05) is 12.1 Å². The van der Waals surface area contributed by atoms with Gasteiger partial charge in [-0.05, 0) is 35.0 Å². The minimum atomic E-state index is 0.348. The summed E-state index contributed by atoms with van der Waals surface area (Å²) in [6.07, 6.45) is 3.70. The number of aromatic hydroxyl groups is 1. The monoisotopic (exact) mass is 271 g/mol. The van der Waals surface area contributed by atoms with E-state index in [4.69, 9.17) is 0 Å². The van der Waals surface area contributed by atoms with Gasteiger partial charge in [-0.15, -0.1) is 0 Å². The molecule has 84 valence electrons. The molecule has 0 heterocycles. The Kier molecular flexibility index (Phi) is 5.73. The van der Waals surface area contributed by atoms with E-state index in [1.54, 1.807) is 0 Å². The number of nitrogens with one attached hydrogen (secondary N) is 1. The van der Waals surface area contributed by atoms with Crippen molar-refractivity contribution in [2.45, 2.75) is 32.7 Å². The topological polar surface area (TPSA) is 32.3 Å². The van der Waals surface area contributed by atoms with Crippen LogP contribution < -0.4 is 5.32 Å². The van der Waals surface area contributed by atoms with E-state index < -0.39 is 0 Å². The Hall–Kier alpha value is -0.540. The van der Waals surface area contributed by atoms with Crippen molar-refractivity contribution in [1.82, 2.24) is 5.32 Å². The van der Waals surface area contributed by atoms with Gasteiger partial charge < -0.3 is 10.4 Å². The zero-order valence-electron chi connectivity index (χ0n) is 9.09. The van der Waals surface area contributed by atoms with E-state index in [0.717, 1.165) is 23.1 Å². The molecule has 0 saturated heterocycles. The molecule has 15 heavy (non-hydrogen) atoms. The maximum absolute atomic E-state index is 9.71. The van der Waals surface area contributed by atoms with Gasteiger partial charge in [-0.2, -0.15) is 0 Å². The first-order valence-corrected chi connectivity index (χ1v) is 6.22. The van der Waals surface area contributed by atoms with Gasteiger partial charge in [-0.1, -0.05) is 31.9 Å². The van der Waals surface area contributed by atoms with Gasteiger partial charge in [0.25, 0.3) is 0 Å². The Morgan fingerprint density at radius 2 is 2.13 bits per heavy atom. The lowest BCUT2D eigenvalue weighted by Gasteiger charge is -2.07. The largest absolute Gasteiger partial charge is 0.506 e. The highest BCUT2D eigenvalue weighted by Crippen LogP contribution is 2.27. The van der Waals surface area contributed by atoms with Crippen molar-refractivity contribution in [3.05, 3.63) is 28.2 Å². The van der Waals surface area contributed by atoms with Crippen LogP contribution in [-0.4, -0.2) is 11.7 Å². The highest BCUT2D eigenvalue weighted by atomic mass is 79.9. The lowest BCUT2D eigenvalue weighted by atomic mass is 10.2. The lowest BCUT2D eigenvalue weighted by molar-refractivity contribution is 0.460. The molecule has 0 fully saturated rings. The van der Waals surface area contributed by atoms with Crippen LogP contribution in [-0.2, 0) is 6.54 Å². The number of benzene rings is 1. The van der Waals surface area contributed by atoms with Crippen LogP contribution in [0.3, 0.4) is 0 Å². The molecule has 1 aromatic rings. The summed E-state index contributed by atoms with van der Waals surface area (Å²) >= 11 is 3.30. The van der Waals surface area contributed by atoms with Crippen LogP contribution in [0.15, 0.2) is 22.7 Å². The fraction of sp³-hybridized carbons (Fsp3) is 0.500. The number of phenolic OH excluding ortho intramolecular Hbond substituents is 1. The third-order valence-electron chi connectivity index (χ3n) is 2.34. The Morgan fingerprint density at radius 3 is 2.87 bits per heavy atom.